The molecule has 0 aliphatic carbocycles. The van der Waals surface area contributed by atoms with E-state index >= 15 is 0 Å². The molecule has 7 nitrogen and oxygen atoms in total. The van der Waals surface area contributed by atoms with Crippen molar-refractivity contribution in [1.29, 1.82) is 0 Å². The van der Waals surface area contributed by atoms with Crippen LogP contribution in [0.15, 0.2) is 0 Å². The minimum Gasteiger partial charge on any atom is -0.376 e. The molecule has 2 fully saturated rings. The van der Waals surface area contributed by atoms with E-state index in [4.69, 9.17) is 4.74 Å². The Hall–Kier alpha value is -1.05. The SMILES string of the molecule is CCCC[C@@H](c1nnnn1C[C@H]1CCCO1)[NH+]1CC[NH+](C)CC1. The zero-order chi connectivity index (χ0) is 16.1. The van der Waals surface area contributed by atoms with Crippen molar-refractivity contribution in [2.75, 3.05) is 39.8 Å². The van der Waals surface area contributed by atoms with Crippen LogP contribution in [0, 0.1) is 0 Å². The molecule has 7 heteroatoms. The van der Waals surface area contributed by atoms with Crippen LogP contribution >= 0.6 is 0 Å². The van der Waals surface area contributed by atoms with Crippen molar-refractivity contribution in [3.05, 3.63) is 5.82 Å². The number of hydrogen-bond donors (Lipinski definition) is 2. The first kappa shape index (κ1) is 16.8. The summed E-state index contributed by atoms with van der Waals surface area (Å²) in [5.74, 6) is 1.07. The Balaban J connectivity index is 1.72. The maximum Gasteiger partial charge on any atom is 0.209 e. The quantitative estimate of drug-likeness (QED) is 0.641. The number of nitrogens with zero attached hydrogens (tertiary/aromatic N) is 4. The maximum atomic E-state index is 5.78. The predicted octanol–water partition coefficient (Wildman–Crippen LogP) is -1.50. The van der Waals surface area contributed by atoms with Gasteiger partial charge in [0.15, 0.2) is 0 Å². The van der Waals surface area contributed by atoms with E-state index in [0.29, 0.717) is 6.04 Å². The van der Waals surface area contributed by atoms with E-state index in [0.717, 1.165) is 31.8 Å². The number of aromatic nitrogens is 4. The van der Waals surface area contributed by atoms with E-state index in [1.165, 1.54) is 45.4 Å². The van der Waals surface area contributed by atoms with Crippen LogP contribution in [0.4, 0.5) is 0 Å². The molecule has 0 unspecified atom stereocenters. The molecule has 2 N–H and O–H groups in total. The second kappa shape index (κ2) is 8.17. The number of quaternary nitrogens is 2. The van der Waals surface area contributed by atoms with Crippen LogP contribution in [-0.4, -0.2) is 66.1 Å². The Morgan fingerprint density at radius 2 is 2.13 bits per heavy atom. The fourth-order valence-corrected chi connectivity index (χ4v) is 3.84. The maximum absolute atomic E-state index is 5.78. The van der Waals surface area contributed by atoms with E-state index in [1.807, 2.05) is 4.68 Å². The van der Waals surface area contributed by atoms with E-state index in [9.17, 15) is 0 Å². The van der Waals surface area contributed by atoms with Crippen LogP contribution < -0.4 is 9.80 Å². The van der Waals surface area contributed by atoms with Gasteiger partial charge in [0.05, 0.1) is 19.7 Å². The molecular formula is C16H32N6O+2. The number of tetrazole rings is 1. The van der Waals surface area contributed by atoms with Gasteiger partial charge in [-0.15, -0.1) is 5.10 Å². The lowest BCUT2D eigenvalue weighted by Gasteiger charge is -2.32. The molecule has 3 heterocycles. The minimum atomic E-state index is 0.288. The van der Waals surface area contributed by atoms with Gasteiger partial charge < -0.3 is 14.5 Å². The van der Waals surface area contributed by atoms with Gasteiger partial charge in [-0.05, 0) is 29.7 Å². The monoisotopic (exact) mass is 324 g/mol. The van der Waals surface area contributed by atoms with Gasteiger partial charge in [-0.2, -0.15) is 0 Å². The minimum absolute atomic E-state index is 0.288. The zero-order valence-corrected chi connectivity index (χ0v) is 14.6. The Labute approximate surface area is 139 Å². The van der Waals surface area contributed by atoms with Crippen LogP contribution in [-0.2, 0) is 11.3 Å². The van der Waals surface area contributed by atoms with Crippen LogP contribution in [0.25, 0.3) is 0 Å². The van der Waals surface area contributed by atoms with Gasteiger partial charge in [0.2, 0.25) is 5.82 Å². The Bertz CT molecular complexity index is 465. The van der Waals surface area contributed by atoms with E-state index in [-0.39, 0.29) is 6.10 Å². The van der Waals surface area contributed by atoms with Crippen molar-refractivity contribution in [2.24, 2.45) is 0 Å². The highest BCUT2D eigenvalue weighted by atomic mass is 16.5. The topological polar surface area (TPSA) is 61.7 Å². The van der Waals surface area contributed by atoms with Crippen molar-refractivity contribution in [2.45, 2.75) is 57.7 Å². The summed E-state index contributed by atoms with van der Waals surface area (Å²) in [6.07, 6.45) is 6.22. The van der Waals surface area contributed by atoms with E-state index < -0.39 is 0 Å². The third-order valence-electron chi connectivity index (χ3n) is 5.36. The molecule has 2 saturated heterocycles. The Kier molecular flexibility index (Phi) is 5.96. The van der Waals surface area contributed by atoms with Crippen LogP contribution in [0.2, 0.25) is 0 Å². The summed E-state index contributed by atoms with van der Waals surface area (Å²) < 4.78 is 7.80. The van der Waals surface area contributed by atoms with E-state index in [2.05, 4.69) is 29.5 Å². The van der Waals surface area contributed by atoms with E-state index in [1.54, 1.807) is 9.80 Å². The van der Waals surface area contributed by atoms with Crippen molar-refractivity contribution >= 4 is 0 Å². The first-order valence-electron chi connectivity index (χ1n) is 9.31. The molecule has 0 aromatic carbocycles. The lowest BCUT2D eigenvalue weighted by Crippen LogP contribution is -3.27. The summed E-state index contributed by atoms with van der Waals surface area (Å²) in [5, 5.41) is 12.7. The normalized spacial score (nSPS) is 29.7. The fourth-order valence-electron chi connectivity index (χ4n) is 3.84. The molecule has 0 spiro atoms. The van der Waals surface area contributed by atoms with Gasteiger partial charge in [0.1, 0.15) is 32.2 Å². The van der Waals surface area contributed by atoms with Gasteiger partial charge in [0.25, 0.3) is 0 Å². The van der Waals surface area contributed by atoms with Crippen LogP contribution in [0.1, 0.15) is 50.9 Å². The van der Waals surface area contributed by atoms with Crippen LogP contribution in [0.3, 0.4) is 0 Å². The second-order valence-electron chi connectivity index (χ2n) is 7.16. The smallest absolute Gasteiger partial charge is 0.209 e. The molecule has 2 aliphatic heterocycles. The van der Waals surface area contributed by atoms with Gasteiger partial charge >= 0.3 is 0 Å². The number of piperazine rings is 1. The molecular weight excluding hydrogens is 292 g/mol. The highest BCUT2D eigenvalue weighted by Gasteiger charge is 2.33. The highest BCUT2D eigenvalue weighted by molar-refractivity contribution is 4.88. The molecule has 1 aromatic rings. The summed E-state index contributed by atoms with van der Waals surface area (Å²) in [4.78, 5) is 3.30. The largest absolute Gasteiger partial charge is 0.376 e. The number of unbranched alkanes of at least 4 members (excludes halogenated alkanes) is 1. The number of likely N-dealkylation sites (N-methyl/N-ethyl adjacent to an activating group) is 1. The Morgan fingerprint density at radius 3 is 2.83 bits per heavy atom. The number of ether oxygens (including phenoxy) is 1. The van der Waals surface area contributed by atoms with Crippen molar-refractivity contribution in [1.82, 2.24) is 20.2 Å². The molecule has 0 bridgehead atoms. The van der Waals surface area contributed by atoms with Crippen molar-refractivity contribution in [3.8, 4) is 0 Å². The van der Waals surface area contributed by atoms with Crippen molar-refractivity contribution in [3.63, 3.8) is 0 Å². The molecule has 2 atom stereocenters. The Morgan fingerprint density at radius 1 is 1.30 bits per heavy atom. The molecule has 1 aromatic heterocycles. The van der Waals surface area contributed by atoms with Gasteiger partial charge in [0, 0.05) is 13.0 Å². The van der Waals surface area contributed by atoms with Crippen molar-refractivity contribution < 1.29 is 14.5 Å². The summed E-state index contributed by atoms with van der Waals surface area (Å²) in [6.45, 7) is 8.86. The lowest BCUT2D eigenvalue weighted by atomic mass is 10.1. The molecule has 130 valence electrons. The fraction of sp³-hybridized carbons (Fsp3) is 0.938. The summed E-state index contributed by atoms with van der Waals surface area (Å²) >= 11 is 0. The average molecular weight is 324 g/mol. The lowest BCUT2D eigenvalue weighted by molar-refractivity contribution is -1.02. The molecule has 3 rings (SSSR count). The van der Waals surface area contributed by atoms with Gasteiger partial charge in [-0.25, -0.2) is 4.68 Å². The molecule has 0 radical (unpaired) electrons. The molecule has 0 amide bonds. The number of nitrogens with one attached hydrogen (secondary N) is 2. The second-order valence-corrected chi connectivity index (χ2v) is 7.16. The molecule has 2 aliphatic rings. The number of hydrogen-bond acceptors (Lipinski definition) is 4. The van der Waals surface area contributed by atoms with Gasteiger partial charge in [-0.3, -0.25) is 0 Å². The van der Waals surface area contributed by atoms with Gasteiger partial charge in [-0.1, -0.05) is 13.3 Å². The van der Waals surface area contributed by atoms with Crippen LogP contribution in [0.5, 0.6) is 0 Å². The first-order chi connectivity index (χ1) is 11.3. The zero-order valence-electron chi connectivity index (χ0n) is 14.6. The highest BCUT2D eigenvalue weighted by Crippen LogP contribution is 2.18. The third-order valence-corrected chi connectivity index (χ3v) is 5.36. The summed E-state index contributed by atoms with van der Waals surface area (Å²) in [5.41, 5.74) is 0. The predicted molar refractivity (Wildman–Crippen MR) is 86.4 cm³/mol. The molecule has 0 saturated carbocycles. The molecule has 23 heavy (non-hydrogen) atoms. The average Bonchev–Trinajstić information content (AvgIpc) is 3.22. The first-order valence-corrected chi connectivity index (χ1v) is 9.31. The summed E-state index contributed by atoms with van der Waals surface area (Å²) in [7, 11) is 2.29. The third kappa shape index (κ3) is 4.28. The number of rotatable bonds is 7. The summed E-state index contributed by atoms with van der Waals surface area (Å²) in [6, 6.07) is 0.430. The standard InChI is InChI=1S/C16H30N6O/c1-3-4-7-15(21-10-8-20(2)9-11-21)16-17-18-19-22(16)13-14-6-5-12-23-14/h14-15H,3-13H2,1-2H3/p+2/t14-,15+/m1/s1.